The molecule has 0 aliphatic carbocycles. The average Bonchev–Trinajstić information content (AvgIpc) is 2.52. The molecule has 2 aromatic rings. The number of aliphatic carboxylic acids is 1. The van der Waals surface area contributed by atoms with Gasteiger partial charge in [-0.25, -0.2) is 4.79 Å². The van der Waals surface area contributed by atoms with Crippen LogP contribution in [0.15, 0.2) is 53.5 Å². The summed E-state index contributed by atoms with van der Waals surface area (Å²) in [5.41, 5.74) is 3.64. The number of ether oxygens (including phenoxy) is 1. The number of methoxy groups -OCH3 is 1. The smallest absolute Gasteiger partial charge is 0.328 e. The predicted molar refractivity (Wildman–Crippen MR) is 88.1 cm³/mol. The van der Waals surface area contributed by atoms with Gasteiger partial charge in [-0.1, -0.05) is 6.07 Å². The van der Waals surface area contributed by atoms with Gasteiger partial charge in [0.15, 0.2) is 0 Å². The second kappa shape index (κ2) is 7.22. The quantitative estimate of drug-likeness (QED) is 0.673. The van der Waals surface area contributed by atoms with Crippen molar-refractivity contribution in [3.05, 3.63) is 65.2 Å². The number of rotatable bonds is 5. The Morgan fingerprint density at radius 3 is 2.50 bits per heavy atom. The van der Waals surface area contributed by atoms with Crippen molar-refractivity contribution in [2.75, 3.05) is 7.11 Å². The molecule has 0 unspecified atom stereocenters. The lowest BCUT2D eigenvalue weighted by atomic mass is 10.1. The number of nitrogens with zero attached hydrogens (tertiary/aromatic N) is 1. The molecule has 2 rings (SSSR count). The third kappa shape index (κ3) is 4.31. The van der Waals surface area contributed by atoms with Crippen LogP contribution in [0.3, 0.4) is 0 Å². The normalized spacial score (nSPS) is 11.2. The first-order chi connectivity index (χ1) is 10.6. The first kappa shape index (κ1) is 15.5. The number of aliphatic imine (C=N–C) groups is 1. The lowest BCUT2D eigenvalue weighted by molar-refractivity contribution is -0.131. The SMILES string of the molecule is COc1ccc(C=Nc2ccc(/C=C/C(=O)O)c(C)c2)cc1. The van der Waals surface area contributed by atoms with Gasteiger partial charge in [0.25, 0.3) is 0 Å². The molecule has 0 saturated carbocycles. The zero-order valence-corrected chi connectivity index (χ0v) is 12.5. The number of carboxylic acids is 1. The van der Waals surface area contributed by atoms with Crippen LogP contribution in [0.2, 0.25) is 0 Å². The van der Waals surface area contributed by atoms with E-state index in [4.69, 9.17) is 9.84 Å². The Bertz CT molecular complexity index is 716. The van der Waals surface area contributed by atoms with E-state index in [1.54, 1.807) is 19.4 Å². The molecular weight excluding hydrogens is 278 g/mol. The molecule has 0 heterocycles. The highest BCUT2D eigenvalue weighted by Crippen LogP contribution is 2.19. The summed E-state index contributed by atoms with van der Waals surface area (Å²) in [5.74, 6) is -0.149. The molecule has 112 valence electrons. The van der Waals surface area contributed by atoms with Gasteiger partial charge in [-0.15, -0.1) is 0 Å². The van der Waals surface area contributed by atoms with Gasteiger partial charge in [0, 0.05) is 12.3 Å². The van der Waals surface area contributed by atoms with E-state index in [2.05, 4.69) is 4.99 Å². The van der Waals surface area contributed by atoms with Gasteiger partial charge in [0.1, 0.15) is 5.75 Å². The second-order valence-corrected chi connectivity index (χ2v) is 4.74. The molecule has 0 atom stereocenters. The van der Waals surface area contributed by atoms with Crippen molar-refractivity contribution in [1.82, 2.24) is 0 Å². The Morgan fingerprint density at radius 2 is 1.91 bits per heavy atom. The number of carboxylic acid groups (broad SMARTS) is 1. The van der Waals surface area contributed by atoms with Gasteiger partial charge in [-0.05, 0) is 66.1 Å². The summed E-state index contributed by atoms with van der Waals surface area (Å²) < 4.78 is 5.11. The van der Waals surface area contributed by atoms with E-state index in [0.717, 1.165) is 34.2 Å². The van der Waals surface area contributed by atoms with Crippen molar-refractivity contribution in [2.45, 2.75) is 6.92 Å². The Labute approximate surface area is 129 Å². The van der Waals surface area contributed by atoms with Gasteiger partial charge >= 0.3 is 5.97 Å². The summed E-state index contributed by atoms with van der Waals surface area (Å²) >= 11 is 0. The fourth-order valence-electron chi connectivity index (χ4n) is 1.93. The molecule has 0 radical (unpaired) electrons. The summed E-state index contributed by atoms with van der Waals surface area (Å²) in [6.07, 6.45) is 4.48. The molecule has 22 heavy (non-hydrogen) atoms. The molecule has 4 nitrogen and oxygen atoms in total. The molecule has 0 spiro atoms. The Hall–Kier alpha value is -2.88. The highest BCUT2D eigenvalue weighted by atomic mass is 16.5. The van der Waals surface area contributed by atoms with Crippen LogP contribution in [0, 0.1) is 6.92 Å². The van der Waals surface area contributed by atoms with Gasteiger partial charge in [-0.3, -0.25) is 4.99 Å². The maximum absolute atomic E-state index is 10.5. The van der Waals surface area contributed by atoms with Crippen LogP contribution >= 0.6 is 0 Å². The molecule has 0 aliphatic rings. The van der Waals surface area contributed by atoms with Crippen LogP contribution in [0.5, 0.6) is 5.75 Å². The van der Waals surface area contributed by atoms with Crippen LogP contribution in [-0.4, -0.2) is 24.4 Å². The molecule has 0 fully saturated rings. The van der Waals surface area contributed by atoms with Crippen LogP contribution in [-0.2, 0) is 4.79 Å². The van der Waals surface area contributed by atoms with Crippen LogP contribution in [0.4, 0.5) is 5.69 Å². The first-order valence-corrected chi connectivity index (χ1v) is 6.78. The lowest BCUT2D eigenvalue weighted by Crippen LogP contribution is -1.87. The fraction of sp³-hybridized carbons (Fsp3) is 0.111. The molecule has 0 amide bonds. The summed E-state index contributed by atoms with van der Waals surface area (Å²) in [6, 6.07) is 13.3. The predicted octanol–water partition coefficient (Wildman–Crippen LogP) is 3.85. The minimum Gasteiger partial charge on any atom is -0.497 e. The first-order valence-electron chi connectivity index (χ1n) is 6.78. The van der Waals surface area contributed by atoms with Crippen molar-refractivity contribution in [3.8, 4) is 5.75 Å². The molecule has 4 heteroatoms. The minimum absolute atomic E-state index is 0.808. The number of hydrogen-bond donors (Lipinski definition) is 1. The Morgan fingerprint density at radius 1 is 1.18 bits per heavy atom. The maximum Gasteiger partial charge on any atom is 0.328 e. The minimum atomic E-state index is -0.957. The number of benzene rings is 2. The molecule has 1 N–H and O–H groups in total. The largest absolute Gasteiger partial charge is 0.497 e. The summed E-state index contributed by atoms with van der Waals surface area (Å²) in [6.45, 7) is 1.92. The summed E-state index contributed by atoms with van der Waals surface area (Å²) in [7, 11) is 1.63. The van der Waals surface area contributed by atoms with Crippen LogP contribution in [0.1, 0.15) is 16.7 Å². The van der Waals surface area contributed by atoms with E-state index >= 15 is 0 Å². The number of aryl methyl sites for hydroxylation is 1. The zero-order chi connectivity index (χ0) is 15.9. The van der Waals surface area contributed by atoms with Crippen molar-refractivity contribution in [2.24, 2.45) is 4.99 Å². The van der Waals surface area contributed by atoms with E-state index in [1.165, 1.54) is 0 Å². The van der Waals surface area contributed by atoms with Crippen molar-refractivity contribution >= 4 is 23.9 Å². The summed E-state index contributed by atoms with van der Waals surface area (Å²) in [5, 5.41) is 8.65. The van der Waals surface area contributed by atoms with E-state index in [-0.39, 0.29) is 0 Å². The topological polar surface area (TPSA) is 58.9 Å². The third-order valence-electron chi connectivity index (χ3n) is 3.14. The van der Waals surface area contributed by atoms with Gasteiger partial charge in [-0.2, -0.15) is 0 Å². The van der Waals surface area contributed by atoms with E-state index in [1.807, 2.05) is 49.4 Å². The number of carbonyl (C=O) groups is 1. The molecular formula is C18H17NO3. The van der Waals surface area contributed by atoms with Crippen LogP contribution in [0.25, 0.3) is 6.08 Å². The highest BCUT2D eigenvalue weighted by molar-refractivity contribution is 5.86. The molecule has 0 aromatic heterocycles. The lowest BCUT2D eigenvalue weighted by Gasteiger charge is -2.02. The highest BCUT2D eigenvalue weighted by Gasteiger charge is 1.98. The number of hydrogen-bond acceptors (Lipinski definition) is 3. The average molecular weight is 295 g/mol. The van der Waals surface area contributed by atoms with Gasteiger partial charge in [0.05, 0.1) is 12.8 Å². The van der Waals surface area contributed by atoms with Crippen molar-refractivity contribution in [3.63, 3.8) is 0 Å². The van der Waals surface area contributed by atoms with Crippen molar-refractivity contribution in [1.29, 1.82) is 0 Å². The summed E-state index contributed by atoms with van der Waals surface area (Å²) in [4.78, 5) is 15.0. The Balaban J connectivity index is 2.14. The van der Waals surface area contributed by atoms with E-state index < -0.39 is 5.97 Å². The standard InChI is InChI=1S/C18H17NO3/c1-13-11-16(7-5-15(13)6-10-18(20)21)19-12-14-3-8-17(22-2)9-4-14/h3-12H,1-2H3,(H,20,21)/b10-6+,19-12?. The van der Waals surface area contributed by atoms with Crippen molar-refractivity contribution < 1.29 is 14.6 Å². The molecule has 0 bridgehead atoms. The zero-order valence-electron chi connectivity index (χ0n) is 12.5. The Kier molecular flexibility index (Phi) is 5.09. The molecule has 0 aliphatic heterocycles. The fourth-order valence-corrected chi connectivity index (χ4v) is 1.93. The van der Waals surface area contributed by atoms with Crippen LogP contribution < -0.4 is 4.74 Å². The van der Waals surface area contributed by atoms with Gasteiger partial charge < -0.3 is 9.84 Å². The monoisotopic (exact) mass is 295 g/mol. The second-order valence-electron chi connectivity index (χ2n) is 4.74. The third-order valence-corrected chi connectivity index (χ3v) is 3.14. The molecule has 0 saturated heterocycles. The van der Waals surface area contributed by atoms with E-state index in [0.29, 0.717) is 0 Å². The maximum atomic E-state index is 10.5. The van der Waals surface area contributed by atoms with Gasteiger partial charge in [0.2, 0.25) is 0 Å². The van der Waals surface area contributed by atoms with E-state index in [9.17, 15) is 4.79 Å². The molecule has 2 aromatic carbocycles.